The number of amides is 2. The SMILES string of the molecule is CC(NC(=O)C(N)Cc1c[nH]c2ccccc12)C(=O)NC(CCCCN)C(=O)O. The zero-order valence-corrected chi connectivity index (χ0v) is 16.5. The van der Waals surface area contributed by atoms with Crippen LogP contribution in [0.1, 0.15) is 31.7 Å². The molecule has 0 saturated heterocycles. The van der Waals surface area contributed by atoms with Crippen LogP contribution in [0.2, 0.25) is 0 Å². The molecule has 9 heteroatoms. The summed E-state index contributed by atoms with van der Waals surface area (Å²) in [7, 11) is 0. The molecule has 0 aliphatic carbocycles. The fraction of sp³-hybridized carbons (Fsp3) is 0.450. The van der Waals surface area contributed by atoms with Gasteiger partial charge in [0.15, 0.2) is 0 Å². The number of carbonyl (C=O) groups excluding carboxylic acids is 2. The van der Waals surface area contributed by atoms with Gasteiger partial charge in [0.05, 0.1) is 6.04 Å². The first-order valence-corrected chi connectivity index (χ1v) is 9.67. The third-order valence-corrected chi connectivity index (χ3v) is 4.77. The molecule has 2 aromatic rings. The number of nitrogens with two attached hydrogens (primary N) is 2. The van der Waals surface area contributed by atoms with Gasteiger partial charge in [0.2, 0.25) is 11.8 Å². The van der Waals surface area contributed by atoms with Gasteiger partial charge in [-0.2, -0.15) is 0 Å². The highest BCUT2D eigenvalue weighted by molar-refractivity contribution is 5.92. The van der Waals surface area contributed by atoms with Crippen LogP contribution >= 0.6 is 0 Å². The molecule has 29 heavy (non-hydrogen) atoms. The number of carboxylic acids is 1. The predicted molar refractivity (Wildman–Crippen MR) is 110 cm³/mol. The molecule has 0 aliphatic heterocycles. The van der Waals surface area contributed by atoms with Gasteiger partial charge < -0.3 is 32.2 Å². The zero-order chi connectivity index (χ0) is 21.4. The second kappa shape index (κ2) is 10.6. The van der Waals surface area contributed by atoms with E-state index in [2.05, 4.69) is 15.6 Å². The van der Waals surface area contributed by atoms with E-state index in [-0.39, 0.29) is 6.42 Å². The van der Waals surface area contributed by atoms with Gasteiger partial charge in [-0.05, 0) is 50.8 Å². The third kappa shape index (κ3) is 6.30. The molecule has 9 nitrogen and oxygen atoms in total. The van der Waals surface area contributed by atoms with Gasteiger partial charge in [-0.25, -0.2) is 4.79 Å². The number of H-pyrrole nitrogens is 1. The first-order valence-electron chi connectivity index (χ1n) is 9.67. The van der Waals surface area contributed by atoms with Crippen molar-refractivity contribution in [2.24, 2.45) is 11.5 Å². The summed E-state index contributed by atoms with van der Waals surface area (Å²) in [6.07, 6.45) is 3.66. The molecule has 3 atom stereocenters. The predicted octanol–water partition coefficient (Wildman–Crippen LogP) is 0.241. The Morgan fingerprint density at radius 1 is 1.14 bits per heavy atom. The van der Waals surface area contributed by atoms with E-state index < -0.39 is 35.9 Å². The average molecular weight is 403 g/mol. The van der Waals surface area contributed by atoms with Crippen molar-refractivity contribution in [2.45, 2.75) is 50.7 Å². The topological polar surface area (TPSA) is 163 Å². The van der Waals surface area contributed by atoms with Crippen molar-refractivity contribution in [3.05, 3.63) is 36.0 Å². The Balaban J connectivity index is 1.89. The molecule has 1 heterocycles. The number of unbranched alkanes of at least 4 members (excludes halogenated alkanes) is 1. The number of nitrogens with one attached hydrogen (secondary N) is 3. The molecule has 158 valence electrons. The lowest BCUT2D eigenvalue weighted by Crippen LogP contribution is -2.53. The highest BCUT2D eigenvalue weighted by atomic mass is 16.4. The normalized spacial score (nSPS) is 14.2. The van der Waals surface area contributed by atoms with E-state index in [0.29, 0.717) is 25.8 Å². The lowest BCUT2D eigenvalue weighted by atomic mass is 10.0. The van der Waals surface area contributed by atoms with Crippen LogP contribution in [0.4, 0.5) is 0 Å². The summed E-state index contributed by atoms with van der Waals surface area (Å²) < 4.78 is 0. The summed E-state index contributed by atoms with van der Waals surface area (Å²) in [6.45, 7) is 1.95. The number of aromatic amines is 1. The second-order valence-electron chi connectivity index (χ2n) is 7.08. The molecule has 2 rings (SSSR count). The highest BCUT2D eigenvalue weighted by Crippen LogP contribution is 2.18. The summed E-state index contributed by atoms with van der Waals surface area (Å²) in [5.41, 5.74) is 13.3. The number of carbonyl (C=O) groups is 3. The highest BCUT2D eigenvalue weighted by Gasteiger charge is 2.25. The molecule has 0 saturated carbocycles. The Morgan fingerprint density at radius 2 is 1.86 bits per heavy atom. The fourth-order valence-corrected chi connectivity index (χ4v) is 3.06. The lowest BCUT2D eigenvalue weighted by molar-refractivity contribution is -0.142. The standard InChI is InChI=1S/C20H29N5O4/c1-12(18(26)25-17(20(28)29)8-4-5-9-21)24-19(27)15(22)10-13-11-23-16-7-3-2-6-14(13)16/h2-3,6-7,11-12,15,17,23H,4-5,8-10,21-22H2,1H3,(H,24,27)(H,25,26)(H,28,29). The Hall–Kier alpha value is -2.91. The van der Waals surface area contributed by atoms with Gasteiger partial charge in [-0.3, -0.25) is 9.59 Å². The van der Waals surface area contributed by atoms with E-state index in [0.717, 1.165) is 16.5 Å². The number of carboxylic acid groups (broad SMARTS) is 1. The molecule has 0 aliphatic rings. The van der Waals surface area contributed by atoms with E-state index in [1.807, 2.05) is 30.5 Å². The zero-order valence-electron chi connectivity index (χ0n) is 16.5. The minimum Gasteiger partial charge on any atom is -0.480 e. The van der Waals surface area contributed by atoms with E-state index in [1.54, 1.807) is 0 Å². The molecule has 3 unspecified atom stereocenters. The smallest absolute Gasteiger partial charge is 0.326 e. The number of aliphatic carboxylic acids is 1. The lowest BCUT2D eigenvalue weighted by Gasteiger charge is -2.20. The van der Waals surface area contributed by atoms with Crippen LogP contribution in [-0.4, -0.2) is 52.5 Å². The van der Waals surface area contributed by atoms with Crippen LogP contribution in [0, 0.1) is 0 Å². The Labute approximate surface area is 169 Å². The summed E-state index contributed by atoms with van der Waals surface area (Å²) in [4.78, 5) is 39.1. The molecule has 0 radical (unpaired) electrons. The third-order valence-electron chi connectivity index (χ3n) is 4.77. The Morgan fingerprint density at radius 3 is 2.55 bits per heavy atom. The summed E-state index contributed by atoms with van der Waals surface area (Å²) >= 11 is 0. The van der Waals surface area contributed by atoms with Gasteiger partial charge in [0.1, 0.15) is 12.1 Å². The van der Waals surface area contributed by atoms with E-state index in [4.69, 9.17) is 11.5 Å². The van der Waals surface area contributed by atoms with E-state index >= 15 is 0 Å². The molecule has 0 fully saturated rings. The van der Waals surface area contributed by atoms with Crippen molar-refractivity contribution in [2.75, 3.05) is 6.54 Å². The molecule has 2 amide bonds. The molecule has 1 aromatic carbocycles. The number of aromatic nitrogens is 1. The van der Waals surface area contributed by atoms with Crippen LogP contribution in [-0.2, 0) is 20.8 Å². The van der Waals surface area contributed by atoms with Gasteiger partial charge in [-0.1, -0.05) is 18.2 Å². The van der Waals surface area contributed by atoms with Crippen LogP contribution in [0.25, 0.3) is 10.9 Å². The molecule has 0 bridgehead atoms. The van der Waals surface area contributed by atoms with Crippen LogP contribution in [0.5, 0.6) is 0 Å². The number of para-hydroxylation sites is 1. The largest absolute Gasteiger partial charge is 0.480 e. The van der Waals surface area contributed by atoms with Gasteiger partial charge >= 0.3 is 5.97 Å². The van der Waals surface area contributed by atoms with Gasteiger partial charge in [-0.15, -0.1) is 0 Å². The van der Waals surface area contributed by atoms with Crippen molar-refractivity contribution < 1.29 is 19.5 Å². The van der Waals surface area contributed by atoms with E-state index in [9.17, 15) is 19.5 Å². The van der Waals surface area contributed by atoms with Crippen LogP contribution < -0.4 is 22.1 Å². The quantitative estimate of drug-likeness (QED) is 0.294. The first-order chi connectivity index (χ1) is 13.8. The molecular formula is C20H29N5O4. The summed E-state index contributed by atoms with van der Waals surface area (Å²) in [5, 5.41) is 15.2. The molecule has 8 N–H and O–H groups in total. The minimum absolute atomic E-state index is 0.277. The van der Waals surface area contributed by atoms with Crippen molar-refractivity contribution >= 4 is 28.7 Å². The maximum atomic E-state index is 12.4. The van der Waals surface area contributed by atoms with Crippen molar-refractivity contribution in [1.82, 2.24) is 15.6 Å². The number of hydrogen-bond donors (Lipinski definition) is 6. The maximum absolute atomic E-state index is 12.4. The molecule has 0 spiro atoms. The van der Waals surface area contributed by atoms with Crippen molar-refractivity contribution in [3.8, 4) is 0 Å². The summed E-state index contributed by atoms with van der Waals surface area (Å²) in [6, 6.07) is 4.92. The van der Waals surface area contributed by atoms with Crippen LogP contribution in [0.15, 0.2) is 30.5 Å². The molecule has 1 aromatic heterocycles. The fourth-order valence-electron chi connectivity index (χ4n) is 3.06. The first kappa shape index (κ1) is 22.4. The van der Waals surface area contributed by atoms with Gasteiger partial charge in [0.25, 0.3) is 0 Å². The number of hydrogen-bond acceptors (Lipinski definition) is 5. The van der Waals surface area contributed by atoms with Crippen molar-refractivity contribution in [3.63, 3.8) is 0 Å². The van der Waals surface area contributed by atoms with Gasteiger partial charge in [0, 0.05) is 17.1 Å². The Bertz CT molecular complexity index is 850. The summed E-state index contributed by atoms with van der Waals surface area (Å²) in [5.74, 6) is -2.17. The number of fused-ring (bicyclic) bond motifs is 1. The number of benzene rings is 1. The second-order valence-corrected chi connectivity index (χ2v) is 7.08. The van der Waals surface area contributed by atoms with Crippen molar-refractivity contribution in [1.29, 1.82) is 0 Å². The van der Waals surface area contributed by atoms with E-state index in [1.165, 1.54) is 6.92 Å². The maximum Gasteiger partial charge on any atom is 0.326 e. The van der Waals surface area contributed by atoms with Crippen LogP contribution in [0.3, 0.4) is 0 Å². The minimum atomic E-state index is -1.12. The number of rotatable bonds is 11. The molecular weight excluding hydrogens is 374 g/mol. The Kier molecular flexibility index (Phi) is 8.17. The average Bonchev–Trinajstić information content (AvgIpc) is 3.09. The monoisotopic (exact) mass is 403 g/mol.